The Balaban J connectivity index is 3.14. The molecule has 0 spiro atoms. The van der Waals surface area contributed by atoms with Gasteiger partial charge in [-0.2, -0.15) is 0 Å². The van der Waals surface area contributed by atoms with Crippen LogP contribution in [0.4, 0.5) is 5.69 Å². The van der Waals surface area contributed by atoms with Crippen LogP contribution >= 0.6 is 29.8 Å². The molecular weight excluding hydrogens is 364 g/mol. The Bertz CT molecular complexity index is 561. The van der Waals surface area contributed by atoms with Crippen molar-refractivity contribution in [3.63, 3.8) is 0 Å². The van der Waals surface area contributed by atoms with E-state index >= 15 is 0 Å². The highest BCUT2D eigenvalue weighted by molar-refractivity contribution is 7.80. The van der Waals surface area contributed by atoms with E-state index in [2.05, 4.69) is 4.52 Å². The molecule has 0 amide bonds. The van der Waals surface area contributed by atoms with Crippen LogP contribution in [0.2, 0.25) is 5.02 Å². The van der Waals surface area contributed by atoms with Gasteiger partial charge in [0.25, 0.3) is 0 Å². The first-order valence-corrected chi connectivity index (χ1v) is 9.93. The van der Waals surface area contributed by atoms with Gasteiger partial charge in [-0.05, 0) is 43.5 Å². The first-order valence-electron chi connectivity index (χ1n) is 7.07. The zero-order valence-electron chi connectivity index (χ0n) is 13.1. The van der Waals surface area contributed by atoms with Crippen molar-refractivity contribution in [2.24, 2.45) is 5.92 Å². The third-order valence-electron chi connectivity index (χ3n) is 2.80. The second-order valence-electron chi connectivity index (χ2n) is 5.23. The van der Waals surface area contributed by atoms with E-state index in [9.17, 15) is 9.36 Å². The molecule has 0 aromatic heterocycles. The molecule has 1 rings (SSSR count). The summed E-state index contributed by atoms with van der Waals surface area (Å²) >= 11 is 11.0. The van der Waals surface area contributed by atoms with E-state index in [0.29, 0.717) is 23.7 Å². The summed E-state index contributed by atoms with van der Waals surface area (Å²) in [6, 6.07) is 5.74. The highest BCUT2D eigenvalue weighted by atomic mass is 35.7. The molecule has 2 unspecified atom stereocenters. The zero-order valence-corrected chi connectivity index (χ0v) is 15.5. The maximum Gasteiger partial charge on any atom is 0.476 e. The maximum absolute atomic E-state index is 12.3. The number of hydrogen-bond acceptors (Lipinski definition) is 5. The van der Waals surface area contributed by atoms with Gasteiger partial charge in [-0.3, -0.25) is 4.84 Å². The van der Waals surface area contributed by atoms with Crippen LogP contribution in [0.25, 0.3) is 0 Å². The fourth-order valence-electron chi connectivity index (χ4n) is 1.98. The lowest BCUT2D eigenvalue weighted by Crippen LogP contribution is -2.43. The number of halogens is 2. The number of benzene rings is 1. The van der Waals surface area contributed by atoms with Crippen LogP contribution in [0.3, 0.4) is 0 Å². The average molecular weight is 384 g/mol. The Hall–Kier alpha value is -0.780. The minimum Gasteiger partial charge on any atom is -0.379 e. The molecule has 0 aliphatic rings. The van der Waals surface area contributed by atoms with Crippen LogP contribution in [-0.4, -0.2) is 23.5 Å². The fourth-order valence-corrected chi connectivity index (χ4v) is 2.65. The summed E-state index contributed by atoms with van der Waals surface area (Å²) in [5.74, 6) is -0.820. The summed E-state index contributed by atoms with van der Waals surface area (Å²) in [7, 11) is 0. The second kappa shape index (κ2) is 8.90. The number of rotatable bonds is 8. The molecule has 6 nitrogen and oxygen atoms in total. The molecule has 0 bridgehead atoms. The van der Waals surface area contributed by atoms with E-state index in [-0.39, 0.29) is 5.92 Å². The molecule has 0 aliphatic carbocycles. The summed E-state index contributed by atoms with van der Waals surface area (Å²) in [6.45, 7) is 1.42. The van der Waals surface area contributed by atoms with Crippen LogP contribution in [-0.2, 0) is 18.7 Å². The second-order valence-corrected chi connectivity index (χ2v) is 8.03. The lowest BCUT2D eigenvalue weighted by Gasteiger charge is -2.31. The predicted octanol–water partition coefficient (Wildman–Crippen LogP) is 4.40. The summed E-state index contributed by atoms with van der Waals surface area (Å²) in [4.78, 5) is 26.9. The van der Waals surface area contributed by atoms with Gasteiger partial charge in [-0.15, -0.1) is 0 Å². The molecule has 0 heterocycles. The third-order valence-corrected chi connectivity index (χ3v) is 3.67. The van der Waals surface area contributed by atoms with E-state index < -0.39 is 19.0 Å². The number of carbonyl (C=O) groups is 1. The molecule has 23 heavy (non-hydrogen) atoms. The van der Waals surface area contributed by atoms with Crippen molar-refractivity contribution >= 4 is 41.4 Å². The van der Waals surface area contributed by atoms with Crippen molar-refractivity contribution in [2.75, 3.05) is 11.7 Å². The van der Waals surface area contributed by atoms with Gasteiger partial charge < -0.3 is 9.42 Å². The van der Waals surface area contributed by atoms with E-state index in [1.807, 2.05) is 13.8 Å². The molecule has 9 heteroatoms. The van der Waals surface area contributed by atoms with E-state index in [1.165, 1.54) is 5.06 Å². The quantitative estimate of drug-likeness (QED) is 0.529. The van der Waals surface area contributed by atoms with Crippen LogP contribution < -0.4 is 5.06 Å². The average Bonchev–Trinajstić information content (AvgIpc) is 2.41. The topological polar surface area (TPSA) is 76.1 Å². The van der Waals surface area contributed by atoms with Crippen LogP contribution in [0.1, 0.15) is 27.2 Å². The van der Waals surface area contributed by atoms with Crippen molar-refractivity contribution in [1.82, 2.24) is 0 Å². The third kappa shape index (κ3) is 7.10. The first-order chi connectivity index (χ1) is 10.6. The number of anilines is 1. The van der Waals surface area contributed by atoms with Gasteiger partial charge in [-0.25, -0.2) is 14.4 Å². The van der Waals surface area contributed by atoms with Gasteiger partial charge >= 0.3 is 12.9 Å². The van der Waals surface area contributed by atoms with Crippen molar-refractivity contribution in [2.45, 2.75) is 33.2 Å². The van der Waals surface area contributed by atoms with Crippen LogP contribution in [0, 0.1) is 5.92 Å². The summed E-state index contributed by atoms with van der Waals surface area (Å²) in [6.07, 6.45) is 0.346. The summed E-state index contributed by atoms with van der Waals surface area (Å²) < 4.78 is 15.6. The van der Waals surface area contributed by atoms with E-state index in [0.717, 1.165) is 0 Å². The number of carbonyl (C=O) groups excluding carboxylic acids is 1. The van der Waals surface area contributed by atoms with Gasteiger partial charge in [0.2, 0.25) is 0 Å². The van der Waals surface area contributed by atoms with Crippen molar-refractivity contribution in [1.29, 1.82) is 0 Å². The SMILES string of the molecule is CCON(c1ccc(Cl)cc1)C(CC(C)C)C(=O)OP(=O)(O)Cl. The molecule has 2 atom stereocenters. The monoisotopic (exact) mass is 383 g/mol. The number of nitrogens with zero attached hydrogens (tertiary/aromatic N) is 1. The number of hydrogen-bond donors (Lipinski definition) is 1. The first kappa shape index (κ1) is 20.3. The smallest absolute Gasteiger partial charge is 0.379 e. The maximum atomic E-state index is 12.3. The Morgan fingerprint density at radius 1 is 1.35 bits per heavy atom. The van der Waals surface area contributed by atoms with Gasteiger partial charge in [0.05, 0.1) is 12.3 Å². The summed E-state index contributed by atoms with van der Waals surface area (Å²) in [5.41, 5.74) is 0.571. The van der Waals surface area contributed by atoms with Gasteiger partial charge in [0, 0.05) is 16.3 Å². The van der Waals surface area contributed by atoms with E-state index in [4.69, 9.17) is 32.6 Å². The van der Waals surface area contributed by atoms with Gasteiger partial charge in [-0.1, -0.05) is 25.4 Å². The normalized spacial score (nSPS) is 15.1. The Morgan fingerprint density at radius 2 is 1.91 bits per heavy atom. The largest absolute Gasteiger partial charge is 0.476 e. The Labute approximate surface area is 145 Å². The predicted molar refractivity (Wildman–Crippen MR) is 90.6 cm³/mol. The van der Waals surface area contributed by atoms with E-state index in [1.54, 1.807) is 31.2 Å². The zero-order chi connectivity index (χ0) is 17.6. The molecule has 1 N–H and O–H groups in total. The Morgan fingerprint density at radius 3 is 2.35 bits per heavy atom. The molecule has 0 fully saturated rings. The standard InChI is InChI=1S/C14H20Cl2NO5P/c1-4-21-17(12-7-5-11(15)6-8-12)13(9-10(2)3)14(18)22-23(16,19)20/h5-8,10,13H,4,9H2,1-3H3,(H,19,20). The molecule has 0 aliphatic heterocycles. The molecule has 0 saturated heterocycles. The molecule has 0 saturated carbocycles. The molecule has 130 valence electrons. The van der Waals surface area contributed by atoms with Crippen LogP contribution in [0.15, 0.2) is 24.3 Å². The minimum absolute atomic E-state index is 0.108. The van der Waals surface area contributed by atoms with Crippen LogP contribution in [0.5, 0.6) is 0 Å². The van der Waals surface area contributed by atoms with Crippen molar-refractivity contribution in [3.8, 4) is 0 Å². The highest BCUT2D eigenvalue weighted by Gasteiger charge is 2.34. The van der Waals surface area contributed by atoms with Crippen molar-refractivity contribution < 1.29 is 23.6 Å². The van der Waals surface area contributed by atoms with Crippen molar-refractivity contribution in [3.05, 3.63) is 29.3 Å². The highest BCUT2D eigenvalue weighted by Crippen LogP contribution is 2.48. The summed E-state index contributed by atoms with van der Waals surface area (Å²) in [5, 5.41) is 1.89. The molecule has 0 radical (unpaired) electrons. The fraction of sp³-hybridized carbons (Fsp3) is 0.500. The minimum atomic E-state index is -4.46. The molecule has 1 aromatic rings. The number of hydroxylamine groups is 1. The van der Waals surface area contributed by atoms with Gasteiger partial charge in [0.1, 0.15) is 0 Å². The lowest BCUT2D eigenvalue weighted by molar-refractivity contribution is -0.138. The molecular formula is C14H20Cl2NO5P. The lowest BCUT2D eigenvalue weighted by atomic mass is 10.0. The van der Waals surface area contributed by atoms with Gasteiger partial charge in [0.15, 0.2) is 6.04 Å². The Kier molecular flexibility index (Phi) is 7.84. The molecule has 1 aromatic carbocycles.